The van der Waals surface area contributed by atoms with E-state index in [2.05, 4.69) is 34.5 Å². The molecule has 2 aromatic carbocycles. The van der Waals surface area contributed by atoms with Crippen LogP contribution in [0.5, 0.6) is 0 Å². The van der Waals surface area contributed by atoms with E-state index in [1.54, 1.807) is 4.90 Å². The highest BCUT2D eigenvalue weighted by molar-refractivity contribution is 5.96. The highest BCUT2D eigenvalue weighted by atomic mass is 16.3. The van der Waals surface area contributed by atoms with Crippen molar-refractivity contribution in [3.8, 4) is 11.3 Å². The Bertz CT molecular complexity index is 909. The zero-order valence-corrected chi connectivity index (χ0v) is 13.5. The number of aromatic nitrogens is 2. The van der Waals surface area contributed by atoms with Crippen LogP contribution in [0.1, 0.15) is 18.2 Å². The van der Waals surface area contributed by atoms with Gasteiger partial charge in [0, 0.05) is 36.3 Å². The van der Waals surface area contributed by atoms with Crippen molar-refractivity contribution < 1.29 is 9.90 Å². The number of nitrogens with zero attached hydrogens (tertiary/aromatic N) is 2. The molecule has 5 heteroatoms. The monoisotopic (exact) mass is 321 g/mol. The van der Waals surface area contributed by atoms with Crippen molar-refractivity contribution in [2.24, 2.45) is 0 Å². The molecule has 0 aliphatic carbocycles. The summed E-state index contributed by atoms with van der Waals surface area (Å²) in [6.07, 6.45) is -0.245. The Morgan fingerprint density at radius 1 is 1.25 bits per heavy atom. The van der Waals surface area contributed by atoms with Gasteiger partial charge < -0.3 is 10.0 Å². The second-order valence-electron chi connectivity index (χ2n) is 6.24. The number of rotatable bonds is 2. The summed E-state index contributed by atoms with van der Waals surface area (Å²) in [5.41, 5.74) is 4.08. The first-order chi connectivity index (χ1) is 11.6. The molecule has 3 aromatic rings. The molecule has 2 heterocycles. The summed E-state index contributed by atoms with van der Waals surface area (Å²) in [5, 5.41) is 19.6. The minimum Gasteiger partial charge on any atom is -0.384 e. The number of aromatic amines is 1. The molecule has 2 N–H and O–H groups in total. The second kappa shape index (κ2) is 5.76. The Balaban J connectivity index is 1.79. The van der Waals surface area contributed by atoms with Crippen LogP contribution in [0.4, 0.5) is 0 Å². The summed E-state index contributed by atoms with van der Waals surface area (Å²) in [6, 6.07) is 14.4. The number of carbonyl (C=O) groups is 1. The number of aliphatic hydroxyl groups is 1. The van der Waals surface area contributed by atoms with Gasteiger partial charge in [-0.05, 0) is 17.7 Å². The number of benzene rings is 2. The van der Waals surface area contributed by atoms with Gasteiger partial charge in [0.05, 0.1) is 5.69 Å². The van der Waals surface area contributed by atoms with Crippen LogP contribution < -0.4 is 0 Å². The molecular formula is C19H19N3O2. The summed E-state index contributed by atoms with van der Waals surface area (Å²) in [5.74, 6) is -0.231. The van der Waals surface area contributed by atoms with Crippen LogP contribution in [0, 0.1) is 0 Å². The van der Waals surface area contributed by atoms with Gasteiger partial charge in [0.2, 0.25) is 0 Å². The number of amides is 1. The molecule has 0 spiro atoms. The quantitative estimate of drug-likeness (QED) is 0.762. The number of H-pyrrole nitrogens is 1. The summed E-state index contributed by atoms with van der Waals surface area (Å²) in [7, 11) is 0. The summed E-state index contributed by atoms with van der Waals surface area (Å²) >= 11 is 0. The average Bonchev–Trinajstić information content (AvgIpc) is 3.03. The number of carbonyl (C=O) groups excluding carboxylic acids is 1. The normalized spacial score (nSPS) is 15.3. The van der Waals surface area contributed by atoms with Gasteiger partial charge >= 0.3 is 0 Å². The molecular weight excluding hydrogens is 302 g/mol. The van der Waals surface area contributed by atoms with E-state index in [9.17, 15) is 9.90 Å². The lowest BCUT2D eigenvalue weighted by Gasteiger charge is -2.28. The Hall–Kier alpha value is -2.66. The van der Waals surface area contributed by atoms with Gasteiger partial charge in [-0.15, -0.1) is 0 Å². The molecule has 122 valence electrons. The number of fused-ring (bicyclic) bond motifs is 2. The van der Waals surface area contributed by atoms with E-state index in [1.807, 2.05) is 18.2 Å². The van der Waals surface area contributed by atoms with Crippen LogP contribution in [0.15, 0.2) is 42.5 Å². The van der Waals surface area contributed by atoms with E-state index in [0.717, 1.165) is 34.3 Å². The first kappa shape index (κ1) is 14.9. The maximum atomic E-state index is 12.1. The van der Waals surface area contributed by atoms with E-state index < -0.39 is 6.10 Å². The lowest BCUT2D eigenvalue weighted by molar-refractivity contribution is -0.140. The fourth-order valence-electron chi connectivity index (χ4n) is 3.40. The van der Waals surface area contributed by atoms with E-state index in [0.29, 0.717) is 13.1 Å². The molecule has 1 aromatic heterocycles. The van der Waals surface area contributed by atoms with E-state index >= 15 is 0 Å². The minimum atomic E-state index is -0.973. The third-order valence-corrected chi connectivity index (χ3v) is 4.65. The van der Waals surface area contributed by atoms with Crippen molar-refractivity contribution in [3.05, 3.63) is 53.7 Å². The zero-order chi connectivity index (χ0) is 16.7. The molecule has 1 amide bonds. The smallest absolute Gasteiger partial charge is 0.251 e. The number of nitrogens with one attached hydrogen (secondary N) is 1. The van der Waals surface area contributed by atoms with Crippen molar-refractivity contribution in [1.82, 2.24) is 15.1 Å². The fourth-order valence-corrected chi connectivity index (χ4v) is 3.40. The van der Waals surface area contributed by atoms with Crippen LogP contribution >= 0.6 is 0 Å². The standard InChI is InChI=1S/C19H19N3O2/c1-12(23)19(24)22-10-9-17-16(11-22)18(21-20-17)15-8-4-6-13-5-2-3-7-14(13)15/h2-8,12,23H,9-11H2,1H3,(H,20,21). The van der Waals surface area contributed by atoms with Crippen molar-refractivity contribution in [2.75, 3.05) is 6.54 Å². The molecule has 24 heavy (non-hydrogen) atoms. The Morgan fingerprint density at radius 3 is 2.88 bits per heavy atom. The molecule has 0 fully saturated rings. The summed E-state index contributed by atoms with van der Waals surface area (Å²) in [6.45, 7) is 2.60. The largest absolute Gasteiger partial charge is 0.384 e. The van der Waals surface area contributed by atoms with Crippen molar-refractivity contribution >= 4 is 16.7 Å². The van der Waals surface area contributed by atoms with Gasteiger partial charge in [0.15, 0.2) is 0 Å². The summed E-state index contributed by atoms with van der Waals surface area (Å²) in [4.78, 5) is 13.8. The zero-order valence-electron chi connectivity index (χ0n) is 13.5. The van der Waals surface area contributed by atoms with E-state index in [4.69, 9.17) is 0 Å². The van der Waals surface area contributed by atoms with Crippen LogP contribution in [-0.2, 0) is 17.8 Å². The SMILES string of the molecule is CC(O)C(=O)N1CCc2[nH]nc(-c3cccc4ccccc34)c2C1. The lowest BCUT2D eigenvalue weighted by Crippen LogP contribution is -2.41. The maximum absolute atomic E-state index is 12.1. The molecule has 0 saturated carbocycles. The maximum Gasteiger partial charge on any atom is 0.251 e. The molecule has 0 radical (unpaired) electrons. The van der Waals surface area contributed by atoms with Crippen LogP contribution in [0.3, 0.4) is 0 Å². The van der Waals surface area contributed by atoms with Crippen molar-refractivity contribution in [2.45, 2.75) is 26.0 Å². The van der Waals surface area contributed by atoms with Crippen molar-refractivity contribution in [3.63, 3.8) is 0 Å². The molecule has 1 aliphatic heterocycles. The van der Waals surface area contributed by atoms with Gasteiger partial charge in [-0.2, -0.15) is 5.10 Å². The topological polar surface area (TPSA) is 69.2 Å². The molecule has 4 rings (SSSR count). The number of hydrogen-bond donors (Lipinski definition) is 2. The third-order valence-electron chi connectivity index (χ3n) is 4.65. The molecule has 1 atom stereocenters. The van der Waals surface area contributed by atoms with Crippen LogP contribution in [-0.4, -0.2) is 38.8 Å². The van der Waals surface area contributed by atoms with Gasteiger partial charge in [-0.25, -0.2) is 0 Å². The van der Waals surface area contributed by atoms with Gasteiger partial charge in [0.25, 0.3) is 5.91 Å². The molecule has 1 aliphatic rings. The van der Waals surface area contributed by atoms with Crippen molar-refractivity contribution in [1.29, 1.82) is 0 Å². The molecule has 0 saturated heterocycles. The number of hydrogen-bond acceptors (Lipinski definition) is 3. The lowest BCUT2D eigenvalue weighted by atomic mass is 9.96. The third kappa shape index (κ3) is 2.37. The predicted molar refractivity (Wildman–Crippen MR) is 92.3 cm³/mol. The van der Waals surface area contributed by atoms with Crippen LogP contribution in [0.25, 0.3) is 22.0 Å². The van der Waals surface area contributed by atoms with E-state index in [1.165, 1.54) is 12.3 Å². The fraction of sp³-hybridized carbons (Fsp3) is 0.263. The predicted octanol–water partition coefficient (Wildman–Crippen LogP) is 2.50. The molecule has 5 nitrogen and oxygen atoms in total. The number of aliphatic hydroxyl groups excluding tert-OH is 1. The highest BCUT2D eigenvalue weighted by Crippen LogP contribution is 2.33. The second-order valence-corrected chi connectivity index (χ2v) is 6.24. The summed E-state index contributed by atoms with van der Waals surface area (Å²) < 4.78 is 0. The van der Waals surface area contributed by atoms with Gasteiger partial charge in [-0.1, -0.05) is 42.5 Å². The molecule has 0 bridgehead atoms. The first-order valence-electron chi connectivity index (χ1n) is 8.16. The minimum absolute atomic E-state index is 0.231. The first-order valence-corrected chi connectivity index (χ1v) is 8.16. The van der Waals surface area contributed by atoms with Crippen LogP contribution in [0.2, 0.25) is 0 Å². The Labute approximate surface area is 139 Å². The van der Waals surface area contributed by atoms with Gasteiger partial charge in [0.1, 0.15) is 6.10 Å². The molecule has 1 unspecified atom stereocenters. The van der Waals surface area contributed by atoms with Gasteiger partial charge in [-0.3, -0.25) is 9.89 Å². The highest BCUT2D eigenvalue weighted by Gasteiger charge is 2.27. The Morgan fingerprint density at radius 2 is 2.04 bits per heavy atom. The van der Waals surface area contributed by atoms with E-state index in [-0.39, 0.29) is 5.91 Å². The Kier molecular flexibility index (Phi) is 3.58. The average molecular weight is 321 g/mol.